The Morgan fingerprint density at radius 3 is 0.898 bits per heavy atom. The average Bonchev–Trinajstić information content (AvgIpc) is 4.10. The molecular weight excluding hydrogens is 776 g/mol. The molecule has 2 aromatic carbocycles. The maximum Gasteiger partial charge on any atom is 0.374 e. The lowest BCUT2D eigenvalue weighted by atomic mass is 10.0. The van der Waals surface area contributed by atoms with Crippen LogP contribution >= 0.6 is 0 Å². The number of esters is 4. The minimum absolute atomic E-state index is 0.0904. The second kappa shape index (κ2) is 19.8. The van der Waals surface area contributed by atoms with Gasteiger partial charge in [-0.05, 0) is 90.3 Å². The first kappa shape index (κ1) is 41.5. The van der Waals surface area contributed by atoms with Crippen LogP contribution < -0.4 is 9.80 Å². The minimum atomic E-state index is -1.60. The lowest BCUT2D eigenvalue weighted by molar-refractivity contribution is -0.00989. The summed E-state index contributed by atoms with van der Waals surface area (Å²) in [6, 6.07) is 24.8. The summed E-state index contributed by atoms with van der Waals surface area (Å²) in [5.74, 6) is -3.74. The molecule has 59 heavy (non-hydrogen) atoms. The van der Waals surface area contributed by atoms with Gasteiger partial charge in [-0.3, -0.25) is 0 Å². The molecule has 0 bridgehead atoms. The zero-order valence-corrected chi connectivity index (χ0v) is 31.0. The van der Waals surface area contributed by atoms with Crippen molar-refractivity contribution in [2.75, 3.05) is 36.2 Å². The van der Waals surface area contributed by atoms with E-state index in [-0.39, 0.29) is 34.4 Å². The fraction of sp³-hybridized carbons (Fsp3) is 0.220. The molecule has 0 saturated carbocycles. The number of aliphatic hydroxyl groups is 4. The number of benzene rings is 2. The van der Waals surface area contributed by atoms with Gasteiger partial charge in [0.05, 0.1) is 25.1 Å². The predicted molar refractivity (Wildman–Crippen MR) is 201 cm³/mol. The van der Waals surface area contributed by atoms with Crippen molar-refractivity contribution in [2.24, 2.45) is 0 Å². The van der Waals surface area contributed by atoms with Crippen LogP contribution in [0.15, 0.2) is 140 Å². The van der Waals surface area contributed by atoms with E-state index in [4.69, 9.17) is 36.6 Å². The molecular formula is C41H38N2O16. The van der Waals surface area contributed by atoms with Crippen molar-refractivity contribution in [3.63, 3.8) is 0 Å². The van der Waals surface area contributed by atoms with Gasteiger partial charge in [-0.2, -0.15) is 0 Å². The Kier molecular flexibility index (Phi) is 14.0. The van der Waals surface area contributed by atoms with E-state index in [1.165, 1.54) is 73.6 Å². The van der Waals surface area contributed by atoms with Gasteiger partial charge in [0.1, 0.15) is 26.4 Å². The van der Waals surface area contributed by atoms with Gasteiger partial charge >= 0.3 is 23.9 Å². The first-order valence-electron chi connectivity index (χ1n) is 17.9. The van der Waals surface area contributed by atoms with Crippen molar-refractivity contribution >= 4 is 35.3 Å². The topological polar surface area (TPSA) is 245 Å². The van der Waals surface area contributed by atoms with Crippen LogP contribution in [0.2, 0.25) is 0 Å². The fourth-order valence-corrected chi connectivity index (χ4v) is 5.68. The van der Waals surface area contributed by atoms with Crippen molar-refractivity contribution in [3.8, 4) is 0 Å². The summed E-state index contributed by atoms with van der Waals surface area (Å²) >= 11 is 0. The molecule has 0 fully saturated rings. The van der Waals surface area contributed by atoms with E-state index in [0.717, 1.165) is 20.9 Å². The second-order valence-corrected chi connectivity index (χ2v) is 12.5. The van der Waals surface area contributed by atoms with Crippen molar-refractivity contribution in [2.45, 2.75) is 31.3 Å². The molecule has 18 heteroatoms. The molecule has 0 spiro atoms. The number of carbonyl (C=O) groups excluding carboxylic acids is 4. The summed E-state index contributed by atoms with van der Waals surface area (Å²) in [7, 11) is 0. The van der Waals surface area contributed by atoms with Crippen LogP contribution in [0.25, 0.3) is 0 Å². The maximum absolute atomic E-state index is 12.4. The Morgan fingerprint density at radius 2 is 0.678 bits per heavy atom. The largest absolute Gasteiger partial charge is 0.457 e. The molecule has 4 aromatic heterocycles. The molecule has 308 valence electrons. The highest BCUT2D eigenvalue weighted by molar-refractivity contribution is 5.87. The first-order chi connectivity index (χ1) is 28.6. The molecule has 0 aliphatic heterocycles. The predicted octanol–water partition coefficient (Wildman–Crippen LogP) is 3.96. The Labute approximate surface area is 334 Å². The zero-order valence-electron chi connectivity index (χ0n) is 31.0. The van der Waals surface area contributed by atoms with Crippen LogP contribution in [0.3, 0.4) is 0 Å². The summed E-state index contributed by atoms with van der Waals surface area (Å²) < 4.78 is 40.8. The molecule has 0 saturated heterocycles. The second-order valence-electron chi connectivity index (χ2n) is 12.5. The number of hydrogen-bond acceptors (Lipinski definition) is 18. The molecule has 0 aliphatic carbocycles. The lowest BCUT2D eigenvalue weighted by Gasteiger charge is -2.34. The number of anilines is 2. The summed E-state index contributed by atoms with van der Waals surface area (Å²) in [5, 5.41) is 44.4. The zero-order chi connectivity index (χ0) is 41.7. The van der Waals surface area contributed by atoms with E-state index < -0.39 is 75.2 Å². The van der Waals surface area contributed by atoms with Gasteiger partial charge in [0, 0.05) is 11.4 Å². The molecule has 0 amide bonds. The Hall–Kier alpha value is -7.12. The third-order valence-electron chi connectivity index (χ3n) is 8.51. The number of hydrogen-bond donors (Lipinski definition) is 4. The van der Waals surface area contributed by atoms with Crippen LogP contribution in [0, 0.1) is 0 Å². The number of rotatable bonds is 20. The maximum atomic E-state index is 12.4. The van der Waals surface area contributed by atoms with E-state index >= 15 is 0 Å². The highest BCUT2D eigenvalue weighted by Crippen LogP contribution is 2.25. The quantitative estimate of drug-likeness (QED) is 0.0484. The minimum Gasteiger partial charge on any atom is -0.457 e. The molecule has 6 aromatic rings. The smallest absolute Gasteiger partial charge is 0.374 e. The summed E-state index contributed by atoms with van der Waals surface area (Å²) in [4.78, 5) is 51.6. The van der Waals surface area contributed by atoms with Crippen molar-refractivity contribution < 1.29 is 76.2 Å². The molecule has 0 radical (unpaired) electrons. The number of carbonyl (C=O) groups is 4. The highest BCUT2D eigenvalue weighted by atomic mass is 16.6. The van der Waals surface area contributed by atoms with Gasteiger partial charge in [0.2, 0.25) is 23.0 Å². The van der Waals surface area contributed by atoms with E-state index in [0.29, 0.717) is 6.42 Å². The van der Waals surface area contributed by atoms with Gasteiger partial charge in [0.25, 0.3) is 0 Å². The Morgan fingerprint density at radius 1 is 0.424 bits per heavy atom. The summed E-state index contributed by atoms with van der Waals surface area (Å²) in [5.41, 5.74) is 2.13. The van der Waals surface area contributed by atoms with Gasteiger partial charge < -0.3 is 66.8 Å². The van der Waals surface area contributed by atoms with Crippen LogP contribution in [-0.2, 0) is 25.4 Å². The fourth-order valence-electron chi connectivity index (χ4n) is 5.68. The summed E-state index contributed by atoms with van der Waals surface area (Å²) in [6.07, 6.45) is -0.868. The van der Waals surface area contributed by atoms with E-state index in [1.54, 1.807) is 48.5 Å². The summed E-state index contributed by atoms with van der Waals surface area (Å²) in [6.45, 7) is -2.35. The Balaban J connectivity index is 1.13. The van der Waals surface area contributed by atoms with Gasteiger partial charge in [0.15, 0.2) is 24.9 Å². The van der Waals surface area contributed by atoms with Crippen molar-refractivity contribution in [1.29, 1.82) is 0 Å². The number of ether oxygens (including phenoxy) is 4. The van der Waals surface area contributed by atoms with E-state index in [9.17, 15) is 39.6 Å². The standard InChI is InChI=1S/C41H38N2O16/c44-34(22-56-38(48)30-5-1-17-52-30)42(35(45)23-57-39(49)31-6-2-18-53-31)28-13-9-26(10-14-28)21-27-11-15-29(16-12-27)43(36(46)24-58-40(50)32-7-3-19-54-32)37(47)25-59-41(51)33-8-4-20-55-33/h1-20,34-37,44-47H,21-25H2. The SMILES string of the molecule is O=C(OCC(O)N(c1ccc(Cc2ccc(N(C(O)COC(=O)c3ccco3)C(O)COC(=O)c3ccco3)cc2)cc1)C(O)COC(=O)c1ccco1)c1ccco1. The molecule has 18 nitrogen and oxygen atoms in total. The number of aliphatic hydroxyl groups excluding tert-OH is 4. The van der Waals surface area contributed by atoms with Crippen LogP contribution in [0.4, 0.5) is 11.4 Å². The first-order valence-corrected chi connectivity index (χ1v) is 17.9. The number of furan rings is 4. The van der Waals surface area contributed by atoms with Gasteiger partial charge in [-0.25, -0.2) is 19.2 Å². The highest BCUT2D eigenvalue weighted by Gasteiger charge is 2.29. The van der Waals surface area contributed by atoms with E-state index in [1.807, 2.05) is 0 Å². The van der Waals surface area contributed by atoms with Crippen LogP contribution in [-0.4, -0.2) is 95.6 Å². The molecule has 6 rings (SSSR count). The van der Waals surface area contributed by atoms with Crippen LogP contribution in [0.1, 0.15) is 53.3 Å². The van der Waals surface area contributed by atoms with Gasteiger partial charge in [-0.1, -0.05) is 24.3 Å². The molecule has 0 aliphatic rings. The number of nitrogens with zero attached hydrogens (tertiary/aromatic N) is 2. The molecule has 4 heterocycles. The monoisotopic (exact) mass is 814 g/mol. The van der Waals surface area contributed by atoms with E-state index in [2.05, 4.69) is 0 Å². The van der Waals surface area contributed by atoms with Crippen LogP contribution in [0.5, 0.6) is 0 Å². The lowest BCUT2D eigenvalue weighted by Crippen LogP contribution is -2.48. The third kappa shape index (κ3) is 11.1. The molecule has 4 atom stereocenters. The van der Waals surface area contributed by atoms with Crippen molar-refractivity contribution in [1.82, 2.24) is 0 Å². The molecule has 4 unspecified atom stereocenters. The normalized spacial score (nSPS) is 13.1. The van der Waals surface area contributed by atoms with Gasteiger partial charge in [-0.15, -0.1) is 0 Å². The molecule has 4 N–H and O–H groups in total. The van der Waals surface area contributed by atoms with Crippen molar-refractivity contribution in [3.05, 3.63) is 156 Å². The Bertz CT molecular complexity index is 1930. The third-order valence-corrected chi connectivity index (χ3v) is 8.51. The average molecular weight is 815 g/mol.